The zero-order valence-electron chi connectivity index (χ0n) is 47.2. The van der Waals surface area contributed by atoms with Gasteiger partial charge in [-0.3, -0.25) is 14.4 Å². The molecule has 432 valence electrons. The molecule has 12 heteroatoms. The fraction of sp³-hybridized carbons (Fsp3) is 0.933. The standard InChI is InChI=1S/3C18H36O2.C6H12O6/c3*1-2-3-4-5-6-7-8-9-10-11-12-13-14-15-16-17-18(19)20;7-1-3(9)5(11)6(12)4(10)2-8/h3*2-17H2,1H3,(H,19,20);1,3-6,8-12H,2H2/t;;;3-,4+,5+,6+/m...0/s1. The molecule has 0 aliphatic rings. The van der Waals surface area contributed by atoms with E-state index in [9.17, 15) is 19.2 Å². The van der Waals surface area contributed by atoms with Crippen LogP contribution in [0.15, 0.2) is 0 Å². The monoisotopic (exact) mass is 1030 g/mol. The molecule has 0 spiro atoms. The van der Waals surface area contributed by atoms with Crippen LogP contribution in [0.3, 0.4) is 0 Å². The van der Waals surface area contributed by atoms with Gasteiger partial charge in [0, 0.05) is 19.3 Å². The summed E-state index contributed by atoms with van der Waals surface area (Å²) in [6.07, 6.45) is 53.8. The Kier molecular flexibility index (Phi) is 71.0. The van der Waals surface area contributed by atoms with Gasteiger partial charge in [0.15, 0.2) is 6.29 Å². The Balaban J connectivity index is -0.000000435. The van der Waals surface area contributed by atoms with Gasteiger partial charge >= 0.3 is 17.9 Å². The van der Waals surface area contributed by atoms with E-state index in [4.69, 9.17) is 40.9 Å². The van der Waals surface area contributed by atoms with Crippen molar-refractivity contribution in [2.45, 2.75) is 353 Å². The fourth-order valence-corrected chi connectivity index (χ4v) is 8.56. The number of aliphatic carboxylic acids is 3. The maximum Gasteiger partial charge on any atom is 0.303 e. The summed E-state index contributed by atoms with van der Waals surface area (Å²) in [6, 6.07) is 0. The second-order valence-corrected chi connectivity index (χ2v) is 20.6. The Morgan fingerprint density at radius 3 is 0.611 bits per heavy atom. The summed E-state index contributed by atoms with van der Waals surface area (Å²) in [5.41, 5.74) is 0. The van der Waals surface area contributed by atoms with Gasteiger partial charge in [-0.1, -0.05) is 290 Å². The highest BCUT2D eigenvalue weighted by atomic mass is 16.4. The van der Waals surface area contributed by atoms with Crippen molar-refractivity contribution >= 4 is 24.2 Å². The number of carboxylic acid groups (broad SMARTS) is 3. The summed E-state index contributed by atoms with van der Waals surface area (Å²) in [6.45, 7) is 6.05. The first-order valence-corrected chi connectivity index (χ1v) is 30.3. The topological polar surface area (TPSA) is 230 Å². The molecule has 0 radical (unpaired) electrons. The minimum atomic E-state index is -1.79. The Labute approximate surface area is 442 Å². The average molecular weight is 1030 g/mol. The Bertz CT molecular complexity index is 971. The molecule has 0 rings (SSSR count). The number of carbonyl (C=O) groups is 4. The second kappa shape index (κ2) is 66.9. The minimum absolute atomic E-state index is 0.0258. The maximum atomic E-state index is 10.3. The molecule has 0 saturated carbocycles. The van der Waals surface area contributed by atoms with Gasteiger partial charge < -0.3 is 45.6 Å². The van der Waals surface area contributed by atoms with Crippen molar-refractivity contribution < 1.29 is 60.0 Å². The number of aliphatic hydroxyl groups excluding tert-OH is 5. The SMILES string of the molecule is CCCCCCCCCCCCCCCCCC(=O)O.CCCCCCCCCCCCCCCCCC(=O)O.CCCCCCCCCCCCCCCCCC(=O)O.O=C[C@H](O)[C@@H](O)[C@H](O)[C@H](O)CO. The highest BCUT2D eigenvalue weighted by molar-refractivity contribution is 5.67. The summed E-state index contributed by atoms with van der Waals surface area (Å²) in [5.74, 6) is -1.96. The van der Waals surface area contributed by atoms with E-state index in [0.29, 0.717) is 19.3 Å². The van der Waals surface area contributed by atoms with E-state index in [1.807, 2.05) is 0 Å². The summed E-state index contributed by atoms with van der Waals surface area (Å²) < 4.78 is 0. The van der Waals surface area contributed by atoms with E-state index >= 15 is 0 Å². The lowest BCUT2D eigenvalue weighted by molar-refractivity contribution is -0.138. The Hall–Kier alpha value is -2.12. The number of carbonyl (C=O) groups excluding carboxylic acids is 1. The molecule has 0 aromatic heterocycles. The van der Waals surface area contributed by atoms with E-state index in [2.05, 4.69) is 20.8 Å². The zero-order chi connectivity index (χ0) is 54.4. The molecule has 0 heterocycles. The van der Waals surface area contributed by atoms with E-state index < -0.39 is 48.9 Å². The van der Waals surface area contributed by atoms with Gasteiger partial charge in [-0.15, -0.1) is 0 Å². The normalized spacial score (nSPS) is 12.6. The highest BCUT2D eigenvalue weighted by Gasteiger charge is 2.29. The molecule has 12 nitrogen and oxygen atoms in total. The maximum absolute atomic E-state index is 10.3. The van der Waals surface area contributed by atoms with E-state index in [-0.39, 0.29) is 6.29 Å². The van der Waals surface area contributed by atoms with Crippen molar-refractivity contribution in [1.82, 2.24) is 0 Å². The third-order valence-electron chi connectivity index (χ3n) is 13.4. The van der Waals surface area contributed by atoms with Gasteiger partial charge in [0.2, 0.25) is 0 Å². The molecular weight excluding hydrogens is 913 g/mol. The predicted molar refractivity (Wildman–Crippen MR) is 299 cm³/mol. The van der Waals surface area contributed by atoms with Gasteiger partial charge in [-0.25, -0.2) is 0 Å². The van der Waals surface area contributed by atoms with Crippen LogP contribution in [0.2, 0.25) is 0 Å². The van der Waals surface area contributed by atoms with Crippen molar-refractivity contribution in [2.75, 3.05) is 6.61 Å². The molecule has 8 N–H and O–H groups in total. The minimum Gasteiger partial charge on any atom is -0.481 e. The Morgan fingerprint density at radius 2 is 0.472 bits per heavy atom. The molecule has 0 saturated heterocycles. The molecule has 0 bridgehead atoms. The van der Waals surface area contributed by atoms with Crippen LogP contribution in [0.5, 0.6) is 0 Å². The van der Waals surface area contributed by atoms with Gasteiger partial charge in [0.25, 0.3) is 0 Å². The number of hydrogen-bond donors (Lipinski definition) is 8. The lowest BCUT2D eigenvalue weighted by Crippen LogP contribution is -2.46. The summed E-state index contributed by atoms with van der Waals surface area (Å²) in [7, 11) is 0. The van der Waals surface area contributed by atoms with Crippen LogP contribution in [0.4, 0.5) is 0 Å². The largest absolute Gasteiger partial charge is 0.481 e. The number of rotatable bonds is 53. The van der Waals surface area contributed by atoms with Crippen LogP contribution in [-0.2, 0) is 19.2 Å². The summed E-state index contributed by atoms with van der Waals surface area (Å²) in [5, 5.41) is 69.1. The lowest BCUT2D eigenvalue weighted by atomic mass is 10.0. The molecule has 0 fully saturated rings. The third kappa shape index (κ3) is 72.1. The summed E-state index contributed by atoms with van der Waals surface area (Å²) in [4.78, 5) is 40.9. The van der Waals surface area contributed by atoms with Crippen LogP contribution in [-0.4, -0.2) is 96.1 Å². The van der Waals surface area contributed by atoms with Crippen LogP contribution in [0.25, 0.3) is 0 Å². The zero-order valence-corrected chi connectivity index (χ0v) is 47.2. The second-order valence-electron chi connectivity index (χ2n) is 20.6. The molecular formula is C60H120O12. The number of aldehydes is 1. The predicted octanol–water partition coefficient (Wildman–Crippen LogP) is 15.6. The van der Waals surface area contributed by atoms with Gasteiger partial charge in [-0.05, 0) is 19.3 Å². The molecule has 0 unspecified atom stereocenters. The molecule has 0 aromatic carbocycles. The first-order chi connectivity index (χ1) is 34.9. The number of unbranched alkanes of at least 4 members (excludes halogenated alkanes) is 42. The first kappa shape index (κ1) is 76.4. The van der Waals surface area contributed by atoms with Crippen molar-refractivity contribution in [2.24, 2.45) is 0 Å². The smallest absolute Gasteiger partial charge is 0.303 e. The average Bonchev–Trinajstić information content (AvgIpc) is 3.36. The third-order valence-corrected chi connectivity index (χ3v) is 13.4. The molecule has 0 amide bonds. The van der Waals surface area contributed by atoms with Crippen LogP contribution >= 0.6 is 0 Å². The molecule has 0 aliphatic heterocycles. The quantitative estimate of drug-likeness (QED) is 0.0210. The fourth-order valence-electron chi connectivity index (χ4n) is 8.56. The molecule has 0 aliphatic carbocycles. The van der Waals surface area contributed by atoms with Crippen molar-refractivity contribution in [3.8, 4) is 0 Å². The first-order valence-electron chi connectivity index (χ1n) is 30.3. The Morgan fingerprint density at radius 1 is 0.306 bits per heavy atom. The lowest BCUT2D eigenvalue weighted by Gasteiger charge is -2.22. The van der Waals surface area contributed by atoms with Gasteiger partial charge in [-0.2, -0.15) is 0 Å². The number of aliphatic hydroxyl groups is 5. The van der Waals surface area contributed by atoms with Crippen LogP contribution < -0.4 is 0 Å². The molecule has 0 aromatic rings. The van der Waals surface area contributed by atoms with Crippen LogP contribution in [0.1, 0.15) is 329 Å². The van der Waals surface area contributed by atoms with Crippen molar-refractivity contribution in [1.29, 1.82) is 0 Å². The van der Waals surface area contributed by atoms with Crippen molar-refractivity contribution in [3.63, 3.8) is 0 Å². The number of carboxylic acids is 3. The van der Waals surface area contributed by atoms with Gasteiger partial charge in [0.05, 0.1) is 6.61 Å². The molecule has 72 heavy (non-hydrogen) atoms. The van der Waals surface area contributed by atoms with E-state index in [1.165, 1.54) is 250 Å². The van der Waals surface area contributed by atoms with Gasteiger partial charge in [0.1, 0.15) is 24.4 Å². The van der Waals surface area contributed by atoms with E-state index in [1.54, 1.807) is 0 Å². The van der Waals surface area contributed by atoms with Crippen LogP contribution in [0, 0.1) is 0 Å². The number of hydrogen-bond acceptors (Lipinski definition) is 9. The molecule has 4 atom stereocenters. The van der Waals surface area contributed by atoms with E-state index in [0.717, 1.165) is 38.5 Å². The van der Waals surface area contributed by atoms with Crippen molar-refractivity contribution in [3.05, 3.63) is 0 Å². The summed E-state index contributed by atoms with van der Waals surface area (Å²) >= 11 is 0. The highest BCUT2D eigenvalue weighted by Crippen LogP contribution is 2.17.